The summed E-state index contributed by atoms with van der Waals surface area (Å²) in [4.78, 5) is 36.6. The molecule has 2 N–H and O–H groups in total. The van der Waals surface area contributed by atoms with Crippen molar-refractivity contribution in [2.45, 2.75) is 25.8 Å². The second-order valence-electron chi connectivity index (χ2n) is 5.36. The van der Waals surface area contributed by atoms with E-state index in [2.05, 4.69) is 26.6 Å². The number of anilines is 1. The third-order valence-electron chi connectivity index (χ3n) is 3.51. The van der Waals surface area contributed by atoms with Crippen LogP contribution in [-0.2, 0) is 14.4 Å². The normalized spacial score (nSPS) is 17.0. The number of rotatable bonds is 4. The lowest BCUT2D eigenvalue weighted by Gasteiger charge is -2.20. The predicted octanol–water partition coefficient (Wildman–Crippen LogP) is 1.43. The Kier molecular flexibility index (Phi) is 5.18. The molecule has 0 saturated carbocycles. The fraction of sp³-hybridized carbons (Fsp3) is 0.400. The summed E-state index contributed by atoms with van der Waals surface area (Å²) >= 11 is 3.36. The SMILES string of the molecule is Cc1cc(Br)ccc1NC(=O)CN(C)C(=O)C1CCC(=O)N1. The molecule has 1 aliphatic rings. The summed E-state index contributed by atoms with van der Waals surface area (Å²) in [5, 5.41) is 5.39. The first kappa shape index (κ1) is 16.5. The van der Waals surface area contributed by atoms with Crippen LogP contribution >= 0.6 is 15.9 Å². The molecule has 0 aliphatic carbocycles. The maximum Gasteiger partial charge on any atom is 0.245 e. The van der Waals surface area contributed by atoms with Crippen LogP contribution in [0.1, 0.15) is 18.4 Å². The number of amides is 3. The highest BCUT2D eigenvalue weighted by atomic mass is 79.9. The Hall–Kier alpha value is -1.89. The molecule has 6 nitrogen and oxygen atoms in total. The summed E-state index contributed by atoms with van der Waals surface area (Å²) in [6, 6.07) is 5.03. The fourth-order valence-corrected chi connectivity index (χ4v) is 2.79. The molecule has 7 heteroatoms. The Balaban J connectivity index is 1.91. The van der Waals surface area contributed by atoms with E-state index in [-0.39, 0.29) is 24.3 Å². The molecule has 1 aliphatic heterocycles. The maximum atomic E-state index is 12.1. The predicted molar refractivity (Wildman–Crippen MR) is 86.3 cm³/mol. The monoisotopic (exact) mass is 367 g/mol. The Labute approximate surface area is 137 Å². The van der Waals surface area contributed by atoms with Gasteiger partial charge in [-0.15, -0.1) is 0 Å². The number of carbonyl (C=O) groups excluding carboxylic acids is 3. The molecule has 1 aromatic rings. The molecule has 3 amide bonds. The Bertz CT molecular complexity index is 618. The minimum Gasteiger partial charge on any atom is -0.344 e. The van der Waals surface area contributed by atoms with Gasteiger partial charge in [0.15, 0.2) is 0 Å². The Morgan fingerprint density at radius 2 is 2.18 bits per heavy atom. The van der Waals surface area contributed by atoms with Crippen molar-refractivity contribution in [2.24, 2.45) is 0 Å². The van der Waals surface area contributed by atoms with Crippen LogP contribution in [0.5, 0.6) is 0 Å². The number of hydrogen-bond donors (Lipinski definition) is 2. The summed E-state index contributed by atoms with van der Waals surface area (Å²) in [5.41, 5.74) is 1.64. The number of nitrogens with zero attached hydrogens (tertiary/aromatic N) is 1. The quantitative estimate of drug-likeness (QED) is 0.844. The van der Waals surface area contributed by atoms with Gasteiger partial charge in [-0.1, -0.05) is 15.9 Å². The zero-order chi connectivity index (χ0) is 16.3. The number of likely N-dealkylation sites (N-methyl/N-ethyl adjacent to an activating group) is 1. The van der Waals surface area contributed by atoms with Crippen LogP contribution in [0.2, 0.25) is 0 Å². The summed E-state index contributed by atoms with van der Waals surface area (Å²) in [6.07, 6.45) is 0.837. The molecule has 0 bridgehead atoms. The van der Waals surface area contributed by atoms with E-state index in [1.165, 1.54) is 4.90 Å². The summed E-state index contributed by atoms with van der Waals surface area (Å²) < 4.78 is 0.937. The summed E-state index contributed by atoms with van der Waals surface area (Å²) in [6.45, 7) is 1.84. The van der Waals surface area contributed by atoms with E-state index in [4.69, 9.17) is 0 Å². The van der Waals surface area contributed by atoms with E-state index < -0.39 is 6.04 Å². The molecule has 1 saturated heterocycles. The molecule has 118 valence electrons. The van der Waals surface area contributed by atoms with E-state index in [0.29, 0.717) is 18.5 Å². The van der Waals surface area contributed by atoms with Gasteiger partial charge in [0.25, 0.3) is 0 Å². The molecule has 1 atom stereocenters. The van der Waals surface area contributed by atoms with Crippen LogP contribution in [0, 0.1) is 6.92 Å². The highest BCUT2D eigenvalue weighted by Gasteiger charge is 2.29. The van der Waals surface area contributed by atoms with Gasteiger partial charge in [-0.3, -0.25) is 14.4 Å². The Morgan fingerprint density at radius 1 is 1.45 bits per heavy atom. The molecule has 1 fully saturated rings. The van der Waals surface area contributed by atoms with Gasteiger partial charge in [-0.05, 0) is 37.1 Å². The number of benzene rings is 1. The molecule has 0 spiro atoms. The van der Waals surface area contributed by atoms with Crippen molar-refractivity contribution in [3.05, 3.63) is 28.2 Å². The zero-order valence-corrected chi connectivity index (χ0v) is 14.1. The van der Waals surface area contributed by atoms with E-state index in [1.807, 2.05) is 19.1 Å². The molecular weight excluding hydrogens is 350 g/mol. The van der Waals surface area contributed by atoms with Crippen LogP contribution in [0.3, 0.4) is 0 Å². The van der Waals surface area contributed by atoms with Gasteiger partial charge in [0.1, 0.15) is 6.04 Å². The number of aryl methyl sites for hydroxylation is 1. The van der Waals surface area contributed by atoms with E-state index in [1.54, 1.807) is 13.1 Å². The first-order valence-electron chi connectivity index (χ1n) is 6.97. The van der Waals surface area contributed by atoms with Crippen molar-refractivity contribution in [1.82, 2.24) is 10.2 Å². The largest absolute Gasteiger partial charge is 0.344 e. The summed E-state index contributed by atoms with van der Waals surface area (Å²) in [5.74, 6) is -0.638. The summed E-state index contributed by atoms with van der Waals surface area (Å²) in [7, 11) is 1.56. The van der Waals surface area contributed by atoms with E-state index in [0.717, 1.165) is 10.0 Å². The number of nitrogens with one attached hydrogen (secondary N) is 2. The van der Waals surface area contributed by atoms with Crippen molar-refractivity contribution in [3.63, 3.8) is 0 Å². The van der Waals surface area contributed by atoms with Gasteiger partial charge in [0, 0.05) is 23.6 Å². The van der Waals surface area contributed by atoms with Crippen LogP contribution in [0.15, 0.2) is 22.7 Å². The fourth-order valence-electron chi connectivity index (χ4n) is 2.32. The van der Waals surface area contributed by atoms with Gasteiger partial charge >= 0.3 is 0 Å². The first-order valence-corrected chi connectivity index (χ1v) is 7.76. The molecule has 1 unspecified atom stereocenters. The molecule has 0 radical (unpaired) electrons. The highest BCUT2D eigenvalue weighted by Crippen LogP contribution is 2.20. The molecule has 22 heavy (non-hydrogen) atoms. The van der Waals surface area contributed by atoms with Gasteiger partial charge in [0.2, 0.25) is 17.7 Å². The standard InChI is InChI=1S/C15H18BrN3O3/c1-9-7-10(16)3-4-11(9)17-14(21)8-19(2)15(22)12-5-6-13(20)18-12/h3-4,7,12H,5-6,8H2,1-2H3,(H,17,21)(H,18,20). The number of halogens is 1. The number of hydrogen-bond acceptors (Lipinski definition) is 3. The van der Waals surface area contributed by atoms with Crippen molar-refractivity contribution < 1.29 is 14.4 Å². The van der Waals surface area contributed by atoms with Crippen molar-refractivity contribution in [3.8, 4) is 0 Å². The smallest absolute Gasteiger partial charge is 0.245 e. The van der Waals surface area contributed by atoms with Gasteiger partial charge in [-0.25, -0.2) is 0 Å². The number of carbonyl (C=O) groups is 3. The molecular formula is C15H18BrN3O3. The first-order chi connectivity index (χ1) is 10.4. The topological polar surface area (TPSA) is 78.5 Å². The van der Waals surface area contributed by atoms with Crippen LogP contribution in [-0.4, -0.2) is 42.3 Å². The third kappa shape index (κ3) is 4.07. The highest BCUT2D eigenvalue weighted by molar-refractivity contribution is 9.10. The minimum absolute atomic E-state index is 0.0549. The third-order valence-corrected chi connectivity index (χ3v) is 4.01. The van der Waals surface area contributed by atoms with E-state index in [9.17, 15) is 14.4 Å². The van der Waals surface area contributed by atoms with Crippen LogP contribution in [0.25, 0.3) is 0 Å². The lowest BCUT2D eigenvalue weighted by Crippen LogP contribution is -2.45. The second-order valence-corrected chi connectivity index (χ2v) is 6.28. The minimum atomic E-state index is -0.514. The van der Waals surface area contributed by atoms with Gasteiger partial charge in [-0.2, -0.15) is 0 Å². The average Bonchev–Trinajstić information content (AvgIpc) is 2.87. The lowest BCUT2D eigenvalue weighted by molar-refractivity contribution is -0.135. The van der Waals surface area contributed by atoms with Crippen molar-refractivity contribution in [2.75, 3.05) is 18.9 Å². The van der Waals surface area contributed by atoms with E-state index >= 15 is 0 Å². The maximum absolute atomic E-state index is 12.1. The van der Waals surface area contributed by atoms with Gasteiger partial charge < -0.3 is 15.5 Å². The van der Waals surface area contributed by atoms with Gasteiger partial charge in [0.05, 0.1) is 6.54 Å². The van der Waals surface area contributed by atoms with Crippen LogP contribution < -0.4 is 10.6 Å². The van der Waals surface area contributed by atoms with Crippen molar-refractivity contribution >= 4 is 39.3 Å². The lowest BCUT2D eigenvalue weighted by atomic mass is 10.2. The molecule has 1 aromatic carbocycles. The molecule has 2 rings (SSSR count). The molecule has 1 heterocycles. The second kappa shape index (κ2) is 6.91. The van der Waals surface area contributed by atoms with Crippen LogP contribution in [0.4, 0.5) is 5.69 Å². The Morgan fingerprint density at radius 3 is 2.77 bits per heavy atom. The van der Waals surface area contributed by atoms with Crippen molar-refractivity contribution in [1.29, 1.82) is 0 Å². The average molecular weight is 368 g/mol. The molecule has 0 aromatic heterocycles. The zero-order valence-electron chi connectivity index (χ0n) is 12.5.